The zero-order chi connectivity index (χ0) is 21.2. The van der Waals surface area contributed by atoms with Crippen molar-refractivity contribution in [2.45, 2.75) is 39.5 Å². The number of hydrogen-bond acceptors (Lipinski definition) is 4. The van der Waals surface area contributed by atoms with E-state index in [1.54, 1.807) is 0 Å². The molecule has 3 rings (SSSR count). The van der Waals surface area contributed by atoms with Gasteiger partial charge in [-0.2, -0.15) is 0 Å². The number of carbonyl (C=O) groups is 1. The number of nitrogens with zero attached hydrogens (tertiary/aromatic N) is 1. The van der Waals surface area contributed by atoms with Crippen molar-refractivity contribution in [2.75, 3.05) is 13.2 Å². The number of rotatable bonds is 10. The van der Waals surface area contributed by atoms with E-state index in [0.717, 1.165) is 41.6 Å². The number of ether oxygens (including phenoxy) is 2. The fourth-order valence-corrected chi connectivity index (χ4v) is 3.21. The van der Waals surface area contributed by atoms with Crippen LogP contribution in [0.25, 0.3) is 22.4 Å². The lowest BCUT2D eigenvalue weighted by molar-refractivity contribution is -0.143. The molecule has 0 aliphatic heterocycles. The second kappa shape index (κ2) is 11.1. The average Bonchev–Trinajstić information content (AvgIpc) is 2.77. The Hall–Kier alpha value is -3.14. The molecular formula is C26H29NO3. The Kier molecular flexibility index (Phi) is 8.02. The molecule has 2 aromatic carbocycles. The Labute approximate surface area is 178 Å². The van der Waals surface area contributed by atoms with Crippen LogP contribution in [0.2, 0.25) is 0 Å². The van der Waals surface area contributed by atoms with Gasteiger partial charge in [0.05, 0.1) is 18.9 Å². The Bertz CT molecular complexity index is 936. The maximum atomic E-state index is 11.4. The second-order valence-corrected chi connectivity index (χ2v) is 7.28. The minimum Gasteiger partial charge on any atom is -0.478 e. The van der Waals surface area contributed by atoms with Gasteiger partial charge in [-0.3, -0.25) is 4.79 Å². The molecule has 3 aromatic rings. The fraction of sp³-hybridized carbons (Fsp3) is 0.308. The summed E-state index contributed by atoms with van der Waals surface area (Å²) in [6, 6.07) is 22.7. The third-order valence-corrected chi connectivity index (χ3v) is 4.84. The fourth-order valence-electron chi connectivity index (χ4n) is 3.21. The molecule has 1 heterocycles. The highest BCUT2D eigenvalue weighted by atomic mass is 16.5. The Morgan fingerprint density at radius 1 is 0.867 bits per heavy atom. The van der Waals surface area contributed by atoms with E-state index in [1.165, 1.54) is 5.56 Å². The van der Waals surface area contributed by atoms with Crippen LogP contribution in [-0.4, -0.2) is 24.2 Å². The second-order valence-electron chi connectivity index (χ2n) is 7.28. The molecule has 0 fully saturated rings. The molecule has 30 heavy (non-hydrogen) atoms. The largest absolute Gasteiger partial charge is 0.478 e. The van der Waals surface area contributed by atoms with Crippen molar-refractivity contribution in [3.05, 3.63) is 72.3 Å². The van der Waals surface area contributed by atoms with E-state index in [4.69, 9.17) is 14.5 Å². The number of aryl methyl sites for hydroxylation is 1. The van der Waals surface area contributed by atoms with Gasteiger partial charge in [0.15, 0.2) is 0 Å². The van der Waals surface area contributed by atoms with E-state index < -0.39 is 0 Å². The van der Waals surface area contributed by atoms with Gasteiger partial charge in [0.1, 0.15) is 0 Å². The quantitative estimate of drug-likeness (QED) is 0.297. The van der Waals surface area contributed by atoms with Crippen LogP contribution in [0.1, 0.15) is 38.2 Å². The van der Waals surface area contributed by atoms with Crippen LogP contribution in [0.15, 0.2) is 66.7 Å². The Balaban J connectivity index is 1.68. The van der Waals surface area contributed by atoms with Gasteiger partial charge >= 0.3 is 5.97 Å². The first-order valence-corrected chi connectivity index (χ1v) is 10.6. The minimum atomic E-state index is -0.126. The van der Waals surface area contributed by atoms with Crippen molar-refractivity contribution in [1.29, 1.82) is 0 Å². The summed E-state index contributed by atoms with van der Waals surface area (Å²) in [5.41, 5.74) is 5.41. The lowest BCUT2D eigenvalue weighted by Crippen LogP contribution is -2.04. The first kappa shape index (κ1) is 21.6. The number of aromatic nitrogens is 1. The van der Waals surface area contributed by atoms with E-state index in [2.05, 4.69) is 49.4 Å². The van der Waals surface area contributed by atoms with E-state index in [-0.39, 0.29) is 5.97 Å². The first-order chi connectivity index (χ1) is 14.7. The monoisotopic (exact) mass is 403 g/mol. The first-order valence-electron chi connectivity index (χ1n) is 10.6. The predicted octanol–water partition coefficient (Wildman–Crippen LogP) is 6.23. The van der Waals surface area contributed by atoms with Gasteiger partial charge in [0.25, 0.3) is 0 Å². The molecule has 0 aliphatic rings. The summed E-state index contributed by atoms with van der Waals surface area (Å²) in [5.74, 6) is 0.496. The predicted molar refractivity (Wildman–Crippen MR) is 120 cm³/mol. The number of unbranched alkanes of at least 4 members (excludes halogenated alkanes) is 2. The van der Waals surface area contributed by atoms with Crippen LogP contribution in [0.5, 0.6) is 5.88 Å². The van der Waals surface area contributed by atoms with Crippen LogP contribution in [0.4, 0.5) is 0 Å². The lowest BCUT2D eigenvalue weighted by atomic mass is 10.0. The summed E-state index contributed by atoms with van der Waals surface area (Å²) < 4.78 is 10.9. The molecule has 0 aliphatic carbocycles. The molecule has 0 spiro atoms. The number of pyridine rings is 1. The molecule has 0 saturated heterocycles. The molecular weight excluding hydrogens is 374 g/mol. The van der Waals surface area contributed by atoms with Crippen LogP contribution >= 0.6 is 0 Å². The van der Waals surface area contributed by atoms with Crippen LogP contribution in [0.3, 0.4) is 0 Å². The number of carbonyl (C=O) groups excluding carboxylic acids is 1. The number of hydrogen-bond donors (Lipinski definition) is 0. The van der Waals surface area contributed by atoms with Crippen molar-refractivity contribution in [1.82, 2.24) is 4.98 Å². The molecule has 0 unspecified atom stereocenters. The smallest absolute Gasteiger partial charge is 0.305 e. The van der Waals surface area contributed by atoms with Gasteiger partial charge in [0.2, 0.25) is 5.88 Å². The van der Waals surface area contributed by atoms with Crippen LogP contribution in [-0.2, 0) is 9.53 Å². The Morgan fingerprint density at radius 2 is 1.63 bits per heavy atom. The molecule has 0 radical (unpaired) electrons. The highest BCUT2D eigenvalue weighted by Crippen LogP contribution is 2.29. The average molecular weight is 404 g/mol. The van der Waals surface area contributed by atoms with Gasteiger partial charge in [-0.05, 0) is 50.3 Å². The van der Waals surface area contributed by atoms with Crippen molar-refractivity contribution in [3.8, 4) is 28.3 Å². The maximum Gasteiger partial charge on any atom is 0.305 e. The van der Waals surface area contributed by atoms with Crippen molar-refractivity contribution >= 4 is 5.97 Å². The van der Waals surface area contributed by atoms with Gasteiger partial charge in [-0.1, -0.05) is 60.2 Å². The van der Waals surface area contributed by atoms with Crippen LogP contribution < -0.4 is 4.74 Å². The third kappa shape index (κ3) is 6.45. The van der Waals surface area contributed by atoms with E-state index in [1.807, 2.05) is 31.2 Å². The van der Waals surface area contributed by atoms with Crippen molar-refractivity contribution in [2.24, 2.45) is 0 Å². The zero-order valence-electron chi connectivity index (χ0n) is 17.8. The summed E-state index contributed by atoms with van der Waals surface area (Å²) in [7, 11) is 0. The minimum absolute atomic E-state index is 0.126. The topological polar surface area (TPSA) is 48.4 Å². The van der Waals surface area contributed by atoms with Gasteiger partial charge in [-0.25, -0.2) is 4.98 Å². The third-order valence-electron chi connectivity index (χ3n) is 4.84. The van der Waals surface area contributed by atoms with Gasteiger partial charge < -0.3 is 9.47 Å². The maximum absolute atomic E-state index is 11.4. The van der Waals surface area contributed by atoms with Crippen molar-refractivity contribution < 1.29 is 14.3 Å². The highest BCUT2D eigenvalue weighted by molar-refractivity contribution is 5.72. The van der Waals surface area contributed by atoms with Crippen molar-refractivity contribution in [3.63, 3.8) is 0 Å². The highest BCUT2D eigenvalue weighted by Gasteiger charge is 2.08. The molecule has 1 aromatic heterocycles. The van der Waals surface area contributed by atoms with Gasteiger partial charge in [0, 0.05) is 18.1 Å². The van der Waals surface area contributed by atoms with E-state index in [0.29, 0.717) is 25.5 Å². The molecule has 0 atom stereocenters. The normalized spacial score (nSPS) is 10.6. The number of benzene rings is 2. The van der Waals surface area contributed by atoms with E-state index in [9.17, 15) is 4.79 Å². The summed E-state index contributed by atoms with van der Waals surface area (Å²) in [6.07, 6.45) is 3.07. The summed E-state index contributed by atoms with van der Waals surface area (Å²) in [5, 5.41) is 0. The van der Waals surface area contributed by atoms with Crippen LogP contribution in [0, 0.1) is 6.92 Å². The van der Waals surface area contributed by atoms with Gasteiger partial charge in [-0.15, -0.1) is 0 Å². The standard InChI is InChI=1S/C26H29NO3/c1-3-29-26(28)12-8-5-9-17-30-25-19-23(21-15-13-20(2)14-16-21)18-24(27-25)22-10-6-4-7-11-22/h4,6-7,10-11,13-16,18-19H,3,5,8-9,12,17H2,1-2H3. The number of esters is 1. The SMILES string of the molecule is CCOC(=O)CCCCCOc1cc(-c2ccc(C)cc2)cc(-c2ccccc2)n1. The summed E-state index contributed by atoms with van der Waals surface area (Å²) in [6.45, 7) is 4.92. The zero-order valence-corrected chi connectivity index (χ0v) is 17.8. The molecule has 4 heteroatoms. The molecule has 0 bridgehead atoms. The molecule has 156 valence electrons. The lowest BCUT2D eigenvalue weighted by Gasteiger charge is -2.11. The summed E-state index contributed by atoms with van der Waals surface area (Å²) in [4.78, 5) is 16.1. The van der Waals surface area contributed by atoms with E-state index >= 15 is 0 Å². The summed E-state index contributed by atoms with van der Waals surface area (Å²) >= 11 is 0. The molecule has 0 N–H and O–H groups in total. The Morgan fingerprint density at radius 3 is 2.37 bits per heavy atom. The molecule has 0 amide bonds. The molecule has 4 nitrogen and oxygen atoms in total. The molecule has 0 saturated carbocycles.